The lowest BCUT2D eigenvalue weighted by molar-refractivity contribution is 0.257. The van der Waals surface area contributed by atoms with E-state index in [2.05, 4.69) is 40.8 Å². The maximum Gasteiger partial charge on any atom is 0.137 e. The molecule has 2 heterocycles. The highest BCUT2D eigenvalue weighted by Crippen LogP contribution is 2.27. The molecule has 18 heavy (non-hydrogen) atoms. The van der Waals surface area contributed by atoms with E-state index in [-0.39, 0.29) is 0 Å². The van der Waals surface area contributed by atoms with Gasteiger partial charge in [0.1, 0.15) is 17.3 Å². The first-order chi connectivity index (χ1) is 8.63. The predicted octanol–water partition coefficient (Wildman–Crippen LogP) is 2.22. The maximum atomic E-state index is 6.16. The van der Waals surface area contributed by atoms with Gasteiger partial charge in [-0.2, -0.15) is 0 Å². The van der Waals surface area contributed by atoms with Gasteiger partial charge in [-0.15, -0.1) is 0 Å². The SMILES string of the molecule is CCc1c(Cl)ncnc1N1CCCC(N(C)C)C1. The smallest absolute Gasteiger partial charge is 0.137 e. The Morgan fingerprint density at radius 2 is 2.22 bits per heavy atom. The second-order valence-electron chi connectivity index (χ2n) is 5.03. The highest BCUT2D eigenvalue weighted by Gasteiger charge is 2.24. The molecular formula is C13H21ClN4. The largest absolute Gasteiger partial charge is 0.355 e. The molecule has 5 heteroatoms. The summed E-state index contributed by atoms with van der Waals surface area (Å²) < 4.78 is 0. The molecule has 1 aliphatic heterocycles. The van der Waals surface area contributed by atoms with E-state index in [1.54, 1.807) is 6.33 Å². The molecule has 0 amide bonds. The second-order valence-corrected chi connectivity index (χ2v) is 5.38. The van der Waals surface area contributed by atoms with E-state index >= 15 is 0 Å². The summed E-state index contributed by atoms with van der Waals surface area (Å²) in [5.41, 5.74) is 1.07. The molecule has 0 saturated carbocycles. The van der Waals surface area contributed by atoms with Gasteiger partial charge in [-0.25, -0.2) is 9.97 Å². The van der Waals surface area contributed by atoms with Crippen molar-refractivity contribution in [2.24, 2.45) is 0 Å². The molecule has 1 aromatic rings. The Morgan fingerprint density at radius 1 is 1.44 bits per heavy atom. The van der Waals surface area contributed by atoms with E-state index in [1.165, 1.54) is 12.8 Å². The van der Waals surface area contributed by atoms with Crippen LogP contribution >= 0.6 is 11.6 Å². The van der Waals surface area contributed by atoms with Gasteiger partial charge >= 0.3 is 0 Å². The van der Waals surface area contributed by atoms with Crippen molar-refractivity contribution < 1.29 is 0 Å². The molecule has 100 valence electrons. The highest BCUT2D eigenvalue weighted by atomic mass is 35.5. The quantitative estimate of drug-likeness (QED) is 0.787. The van der Waals surface area contributed by atoms with Gasteiger partial charge in [0.25, 0.3) is 0 Å². The van der Waals surface area contributed by atoms with Gasteiger partial charge in [-0.3, -0.25) is 0 Å². The Bertz CT molecular complexity index is 408. The van der Waals surface area contributed by atoms with Crippen LogP contribution in [-0.2, 0) is 6.42 Å². The Hall–Kier alpha value is -0.870. The summed E-state index contributed by atoms with van der Waals surface area (Å²) in [6.07, 6.45) is 4.89. The molecule has 1 saturated heterocycles. The van der Waals surface area contributed by atoms with Gasteiger partial charge in [0.2, 0.25) is 0 Å². The molecule has 0 aromatic carbocycles. The topological polar surface area (TPSA) is 32.3 Å². The fourth-order valence-electron chi connectivity index (χ4n) is 2.53. The van der Waals surface area contributed by atoms with Crippen molar-refractivity contribution in [1.82, 2.24) is 14.9 Å². The Morgan fingerprint density at radius 3 is 2.89 bits per heavy atom. The number of aromatic nitrogens is 2. The van der Waals surface area contributed by atoms with Gasteiger partial charge in [0.15, 0.2) is 0 Å². The molecule has 1 fully saturated rings. The lowest BCUT2D eigenvalue weighted by atomic mass is 10.0. The molecule has 1 atom stereocenters. The maximum absolute atomic E-state index is 6.16. The average molecular weight is 269 g/mol. The number of rotatable bonds is 3. The molecule has 1 aromatic heterocycles. The van der Waals surface area contributed by atoms with E-state index < -0.39 is 0 Å². The molecule has 0 spiro atoms. The van der Waals surface area contributed by atoms with Gasteiger partial charge in [-0.05, 0) is 33.4 Å². The van der Waals surface area contributed by atoms with E-state index in [0.29, 0.717) is 11.2 Å². The summed E-state index contributed by atoms with van der Waals surface area (Å²) in [4.78, 5) is 13.2. The summed E-state index contributed by atoms with van der Waals surface area (Å²) in [5, 5.41) is 0.592. The minimum Gasteiger partial charge on any atom is -0.355 e. The zero-order valence-electron chi connectivity index (χ0n) is 11.4. The fraction of sp³-hybridized carbons (Fsp3) is 0.692. The first kappa shape index (κ1) is 13.6. The van der Waals surface area contributed by atoms with E-state index in [0.717, 1.165) is 30.9 Å². The summed E-state index contributed by atoms with van der Waals surface area (Å²) in [6.45, 7) is 4.18. The molecule has 1 unspecified atom stereocenters. The summed E-state index contributed by atoms with van der Waals surface area (Å²) >= 11 is 6.16. The molecule has 2 rings (SSSR count). The lowest BCUT2D eigenvalue weighted by Crippen LogP contribution is -2.45. The van der Waals surface area contributed by atoms with E-state index in [9.17, 15) is 0 Å². The highest BCUT2D eigenvalue weighted by molar-refractivity contribution is 6.30. The summed E-state index contributed by atoms with van der Waals surface area (Å²) in [7, 11) is 4.28. The first-order valence-electron chi connectivity index (χ1n) is 6.54. The Balaban J connectivity index is 2.23. The van der Waals surface area contributed by atoms with Crippen molar-refractivity contribution in [3.8, 4) is 0 Å². The van der Waals surface area contributed by atoms with Crippen LogP contribution in [0.1, 0.15) is 25.3 Å². The monoisotopic (exact) mass is 268 g/mol. The van der Waals surface area contributed by atoms with Crippen LogP contribution in [0.2, 0.25) is 5.15 Å². The molecule has 0 aliphatic carbocycles. The average Bonchev–Trinajstić information content (AvgIpc) is 2.38. The lowest BCUT2D eigenvalue weighted by Gasteiger charge is -2.37. The van der Waals surface area contributed by atoms with Gasteiger partial charge in [-0.1, -0.05) is 18.5 Å². The Kier molecular flexibility index (Phi) is 4.40. The van der Waals surface area contributed by atoms with Crippen LogP contribution in [0.15, 0.2) is 6.33 Å². The second kappa shape index (κ2) is 5.85. The Labute approximate surface area is 114 Å². The molecule has 0 bridgehead atoms. The molecule has 1 aliphatic rings. The summed E-state index contributed by atoms with van der Waals surface area (Å²) in [5.74, 6) is 1.02. The van der Waals surface area contributed by atoms with Crippen LogP contribution in [0, 0.1) is 0 Å². The van der Waals surface area contributed by atoms with Crippen LogP contribution in [0.25, 0.3) is 0 Å². The number of piperidine rings is 1. The van der Waals surface area contributed by atoms with Crippen molar-refractivity contribution in [2.75, 3.05) is 32.1 Å². The standard InChI is InChI=1S/C13H21ClN4/c1-4-11-12(14)15-9-16-13(11)18-7-5-6-10(8-18)17(2)3/h9-10H,4-8H2,1-3H3. The number of halogens is 1. The summed E-state index contributed by atoms with van der Waals surface area (Å²) in [6, 6.07) is 0.595. The minimum absolute atomic E-state index is 0.592. The third-order valence-electron chi connectivity index (χ3n) is 3.65. The van der Waals surface area contributed by atoms with Crippen molar-refractivity contribution in [3.05, 3.63) is 17.0 Å². The van der Waals surface area contributed by atoms with Crippen molar-refractivity contribution >= 4 is 17.4 Å². The third-order valence-corrected chi connectivity index (χ3v) is 3.98. The van der Waals surface area contributed by atoms with Gasteiger partial charge in [0, 0.05) is 24.7 Å². The van der Waals surface area contributed by atoms with Crippen LogP contribution in [0.5, 0.6) is 0 Å². The van der Waals surface area contributed by atoms with E-state index in [1.807, 2.05) is 0 Å². The first-order valence-corrected chi connectivity index (χ1v) is 6.92. The molecular weight excluding hydrogens is 248 g/mol. The molecule has 4 nitrogen and oxygen atoms in total. The van der Waals surface area contributed by atoms with Gasteiger partial charge < -0.3 is 9.80 Å². The third kappa shape index (κ3) is 2.75. The molecule has 0 N–H and O–H groups in total. The van der Waals surface area contributed by atoms with E-state index in [4.69, 9.17) is 11.6 Å². The zero-order valence-corrected chi connectivity index (χ0v) is 12.1. The molecule has 0 radical (unpaired) electrons. The fourth-order valence-corrected chi connectivity index (χ4v) is 2.79. The van der Waals surface area contributed by atoms with Crippen LogP contribution < -0.4 is 4.90 Å². The number of hydrogen-bond donors (Lipinski definition) is 0. The minimum atomic E-state index is 0.592. The zero-order chi connectivity index (χ0) is 13.1. The number of nitrogens with zero attached hydrogens (tertiary/aromatic N) is 4. The van der Waals surface area contributed by atoms with Crippen molar-refractivity contribution in [1.29, 1.82) is 0 Å². The van der Waals surface area contributed by atoms with Crippen LogP contribution in [0.4, 0.5) is 5.82 Å². The van der Waals surface area contributed by atoms with Crippen LogP contribution in [-0.4, -0.2) is 48.1 Å². The predicted molar refractivity (Wildman–Crippen MR) is 75.3 cm³/mol. The van der Waals surface area contributed by atoms with Gasteiger partial charge in [0.05, 0.1) is 0 Å². The normalized spacial score (nSPS) is 20.5. The van der Waals surface area contributed by atoms with Crippen LogP contribution in [0.3, 0.4) is 0 Å². The number of hydrogen-bond acceptors (Lipinski definition) is 4. The number of anilines is 1. The number of likely N-dealkylation sites (N-methyl/N-ethyl adjacent to an activating group) is 1. The van der Waals surface area contributed by atoms with Crippen molar-refractivity contribution in [3.63, 3.8) is 0 Å². The van der Waals surface area contributed by atoms with Crippen molar-refractivity contribution in [2.45, 2.75) is 32.2 Å².